The van der Waals surface area contributed by atoms with Crippen molar-refractivity contribution in [2.45, 2.75) is 153 Å². The first-order valence-corrected chi connectivity index (χ1v) is 24.5. The molecule has 51 heavy (non-hydrogen) atoms. The number of anilines is 1. The zero-order chi connectivity index (χ0) is 37.9. The van der Waals surface area contributed by atoms with E-state index in [9.17, 15) is 15.2 Å². The van der Waals surface area contributed by atoms with Crippen molar-refractivity contribution in [3.63, 3.8) is 0 Å². The van der Waals surface area contributed by atoms with Gasteiger partial charge in [0.05, 0.1) is 30.0 Å². The van der Waals surface area contributed by atoms with Crippen molar-refractivity contribution in [1.82, 2.24) is 9.97 Å². The molecular formula is C40H62N4O5Si2. The predicted molar refractivity (Wildman–Crippen MR) is 209 cm³/mol. The molecule has 2 fully saturated rings. The van der Waals surface area contributed by atoms with E-state index in [0.29, 0.717) is 31.7 Å². The number of hydrogen-bond donors (Lipinski definition) is 3. The number of imidazole rings is 1. The number of aromatic amines is 1. The van der Waals surface area contributed by atoms with Crippen molar-refractivity contribution < 1.29 is 23.5 Å². The summed E-state index contributed by atoms with van der Waals surface area (Å²) in [5, 5.41) is 25.4. The van der Waals surface area contributed by atoms with Crippen LogP contribution in [-0.4, -0.2) is 62.0 Å². The van der Waals surface area contributed by atoms with Gasteiger partial charge in [0.1, 0.15) is 6.07 Å². The number of carbonyl (C=O) groups is 1. The summed E-state index contributed by atoms with van der Waals surface area (Å²) in [4.78, 5) is 20.3. The summed E-state index contributed by atoms with van der Waals surface area (Å²) in [6.07, 6.45) is 8.90. The lowest BCUT2D eigenvalue weighted by Crippen LogP contribution is -2.57. The summed E-state index contributed by atoms with van der Waals surface area (Å²) < 4.78 is 20.9. The zero-order valence-electron chi connectivity index (χ0n) is 33.2. The van der Waals surface area contributed by atoms with Gasteiger partial charge in [-0.25, -0.2) is 4.98 Å². The third-order valence-corrected chi connectivity index (χ3v) is 21.7. The summed E-state index contributed by atoms with van der Waals surface area (Å²) in [5.74, 6) is -0.346. The number of aromatic nitrogens is 2. The van der Waals surface area contributed by atoms with Crippen LogP contribution in [0, 0.1) is 16.7 Å². The highest BCUT2D eigenvalue weighted by Gasteiger charge is 2.61. The fourth-order valence-electron chi connectivity index (χ4n) is 7.17. The molecule has 0 spiro atoms. The number of nitrogens with one attached hydrogen (secondary N) is 2. The quantitative estimate of drug-likeness (QED) is 0.207. The Morgan fingerprint density at radius 1 is 1.00 bits per heavy atom. The van der Waals surface area contributed by atoms with Crippen molar-refractivity contribution in [3.8, 4) is 6.07 Å². The van der Waals surface area contributed by atoms with E-state index in [4.69, 9.17) is 13.6 Å². The summed E-state index contributed by atoms with van der Waals surface area (Å²) >= 11 is 0. The number of nitriles is 1. The Kier molecular flexibility index (Phi) is 10.4. The van der Waals surface area contributed by atoms with Gasteiger partial charge in [0, 0.05) is 30.3 Å². The minimum Gasteiger partial charge on any atom is -0.414 e. The Labute approximate surface area is 308 Å². The number of aliphatic hydroxyl groups is 1. The van der Waals surface area contributed by atoms with Crippen LogP contribution in [0.2, 0.25) is 36.3 Å². The second-order valence-corrected chi connectivity index (χ2v) is 29.1. The molecule has 2 aliphatic heterocycles. The van der Waals surface area contributed by atoms with Gasteiger partial charge in [0.2, 0.25) is 0 Å². The summed E-state index contributed by atoms with van der Waals surface area (Å²) in [6.45, 7) is 28.0. The maximum Gasteiger partial charge on any atom is 0.291 e. The molecule has 1 aromatic carbocycles. The lowest BCUT2D eigenvalue weighted by atomic mass is 9.74. The maximum atomic E-state index is 13.3. The van der Waals surface area contributed by atoms with Crippen molar-refractivity contribution >= 4 is 33.8 Å². The minimum atomic E-state index is -2.11. The van der Waals surface area contributed by atoms with Crippen molar-refractivity contribution in [2.75, 3.05) is 18.5 Å². The smallest absolute Gasteiger partial charge is 0.291 e. The maximum absolute atomic E-state index is 13.3. The molecule has 5 rings (SSSR count). The first kappa shape index (κ1) is 39.6. The molecule has 2 bridgehead atoms. The van der Waals surface area contributed by atoms with Crippen LogP contribution in [-0.2, 0) is 19.2 Å². The molecule has 1 aliphatic carbocycles. The van der Waals surface area contributed by atoms with E-state index >= 15 is 0 Å². The lowest BCUT2D eigenvalue weighted by Gasteiger charge is -2.50. The average Bonchev–Trinajstić information content (AvgIpc) is 3.61. The average molecular weight is 735 g/mol. The molecule has 9 nitrogen and oxygen atoms in total. The molecule has 3 N–H and O–H groups in total. The second kappa shape index (κ2) is 13.4. The third-order valence-electron chi connectivity index (χ3n) is 12.7. The summed E-state index contributed by atoms with van der Waals surface area (Å²) in [7, 11) is -4.22. The van der Waals surface area contributed by atoms with E-state index in [1.54, 1.807) is 0 Å². The molecule has 0 saturated carbocycles. The molecule has 2 saturated heterocycles. The Balaban J connectivity index is 1.55. The third kappa shape index (κ3) is 8.32. The fraction of sp³-hybridized carbons (Fsp3) is 0.675. The van der Waals surface area contributed by atoms with Crippen molar-refractivity contribution in [2.24, 2.45) is 5.41 Å². The molecule has 2 aromatic rings. The summed E-state index contributed by atoms with van der Waals surface area (Å²) in [6, 6.07) is 7.91. The number of amides is 1. The molecule has 280 valence electrons. The number of benzene rings is 1. The van der Waals surface area contributed by atoms with Gasteiger partial charge in [0.15, 0.2) is 28.2 Å². The Bertz CT molecular complexity index is 1660. The minimum absolute atomic E-state index is 0.0407. The normalized spacial score (nSPS) is 26.8. The topological polar surface area (TPSA) is 129 Å². The predicted octanol–water partition coefficient (Wildman–Crippen LogP) is 9.44. The number of rotatable bonds is 10. The van der Waals surface area contributed by atoms with Crippen LogP contribution in [0.3, 0.4) is 0 Å². The first-order chi connectivity index (χ1) is 23.3. The van der Waals surface area contributed by atoms with Gasteiger partial charge in [0.25, 0.3) is 5.91 Å². The van der Waals surface area contributed by atoms with Crippen molar-refractivity contribution in [3.05, 3.63) is 53.1 Å². The van der Waals surface area contributed by atoms with Crippen LogP contribution in [0.4, 0.5) is 5.69 Å². The highest BCUT2D eigenvalue weighted by Crippen LogP contribution is 2.57. The number of carbonyl (C=O) groups excluding carboxylic acids is 1. The van der Waals surface area contributed by atoms with Gasteiger partial charge in [-0.2, -0.15) is 5.26 Å². The second-order valence-electron chi connectivity index (χ2n) is 19.5. The molecule has 0 radical (unpaired) electrons. The van der Waals surface area contributed by atoms with E-state index in [1.807, 2.05) is 18.2 Å². The fourth-order valence-corrected chi connectivity index (χ4v) is 9.28. The van der Waals surface area contributed by atoms with Gasteiger partial charge in [-0.3, -0.25) is 4.79 Å². The molecule has 3 aliphatic rings. The van der Waals surface area contributed by atoms with Crippen LogP contribution < -0.4 is 5.32 Å². The first-order valence-electron chi connectivity index (χ1n) is 18.6. The Hall–Kier alpha value is -2.60. The van der Waals surface area contributed by atoms with Crippen molar-refractivity contribution in [1.29, 1.82) is 5.26 Å². The van der Waals surface area contributed by atoms with Gasteiger partial charge in [-0.1, -0.05) is 67.5 Å². The number of nitrogens with zero attached hydrogens (tertiary/aromatic N) is 2. The largest absolute Gasteiger partial charge is 0.414 e. The SMILES string of the molecule is CC1(C)CC=C(c2cc(C3(O)CC4(CO[Si](C)(C)C(C)(C)C)CCC(CO[Si](C)(C)C(C)(C)C)(C3)O4)ccc2NC(=O)c2nc(C#N)c[nH]2)CC1. The molecule has 1 aromatic heterocycles. The monoisotopic (exact) mass is 734 g/mol. The van der Waals surface area contributed by atoms with Gasteiger partial charge >= 0.3 is 0 Å². The molecule has 11 heteroatoms. The number of allylic oxidation sites excluding steroid dienone is 2. The van der Waals surface area contributed by atoms with Gasteiger partial charge < -0.3 is 29.0 Å². The highest BCUT2D eigenvalue weighted by atomic mass is 28.4. The highest BCUT2D eigenvalue weighted by molar-refractivity contribution is 6.74. The zero-order valence-corrected chi connectivity index (χ0v) is 35.2. The van der Waals surface area contributed by atoms with E-state index in [-0.39, 0.29) is 27.0 Å². The van der Waals surface area contributed by atoms with Gasteiger partial charge in [-0.15, -0.1) is 0 Å². The summed E-state index contributed by atoms with van der Waals surface area (Å²) in [5.41, 5.74) is 1.33. The molecular weight excluding hydrogens is 673 g/mol. The van der Waals surface area contributed by atoms with E-state index in [0.717, 1.165) is 48.8 Å². The van der Waals surface area contributed by atoms with Gasteiger partial charge in [-0.05, 0) is 97.1 Å². The standard InChI is InChI=1S/C40H62N4O5Si2/c1-35(2,3)50(9,10)47-26-38-19-20-39(49-38,27-48-51(11,12)36(4,5)6)25-40(46,24-38)29-13-14-32(44-34(45)33-42-23-30(22-41)43-33)31(21-29)28-15-17-37(7,8)18-16-28/h13-15,21,23,46H,16-20,24-27H2,1-12H3,(H,42,43)(H,44,45). The van der Waals surface area contributed by atoms with Crippen LogP contribution >= 0.6 is 0 Å². The number of H-pyrrole nitrogens is 1. The number of ether oxygens (including phenoxy) is 1. The van der Waals surface area contributed by atoms with E-state index in [1.165, 1.54) is 6.20 Å². The van der Waals surface area contributed by atoms with Crippen LogP contribution in [0.5, 0.6) is 0 Å². The molecule has 2 unspecified atom stereocenters. The van der Waals surface area contributed by atoms with Crippen LogP contribution in [0.15, 0.2) is 30.5 Å². The van der Waals surface area contributed by atoms with Crippen LogP contribution in [0.1, 0.15) is 128 Å². The molecule has 3 heterocycles. The molecule has 2 atom stereocenters. The Morgan fingerprint density at radius 3 is 2.04 bits per heavy atom. The van der Waals surface area contributed by atoms with E-state index in [2.05, 4.69) is 109 Å². The molecule has 1 amide bonds. The number of hydrogen-bond acceptors (Lipinski definition) is 7. The lowest BCUT2D eigenvalue weighted by molar-refractivity contribution is -0.228. The Morgan fingerprint density at radius 2 is 1.57 bits per heavy atom. The van der Waals surface area contributed by atoms with E-state index < -0.39 is 39.3 Å². The van der Waals surface area contributed by atoms with Crippen LogP contribution in [0.25, 0.3) is 5.57 Å². The number of fused-ring (bicyclic) bond motifs is 2.